The van der Waals surface area contributed by atoms with Crippen LogP contribution in [0.3, 0.4) is 0 Å². The smallest absolute Gasteiger partial charge is 0.243 e. The molecule has 7 nitrogen and oxygen atoms in total. The van der Waals surface area contributed by atoms with Gasteiger partial charge in [-0.2, -0.15) is 4.31 Å². The van der Waals surface area contributed by atoms with Gasteiger partial charge in [-0.25, -0.2) is 8.42 Å². The Morgan fingerprint density at radius 1 is 0.919 bits per heavy atom. The third-order valence-corrected chi connectivity index (χ3v) is 9.76. The minimum Gasteiger partial charge on any atom is -0.454 e. The van der Waals surface area contributed by atoms with E-state index in [0.717, 1.165) is 33.8 Å². The SMILES string of the molecule is Cc1ccccc1S(=O)(=O)N1C/C=C\CN2[C@H](CO)[C@@H](c3ccc(-c4ccc5c(c4)OCO5)cc3)[C@@H]2C1. The molecule has 3 aromatic rings. The zero-order chi connectivity index (χ0) is 25.6. The molecule has 0 aliphatic carbocycles. The van der Waals surface area contributed by atoms with E-state index in [4.69, 9.17) is 9.47 Å². The monoisotopic (exact) mass is 518 g/mol. The number of aliphatic hydroxyl groups excluding tert-OH is 1. The van der Waals surface area contributed by atoms with Crippen molar-refractivity contribution in [2.45, 2.75) is 29.8 Å². The maximum Gasteiger partial charge on any atom is 0.243 e. The normalized spacial score (nSPS) is 24.5. The molecule has 6 rings (SSSR count). The quantitative estimate of drug-likeness (QED) is 0.518. The zero-order valence-electron chi connectivity index (χ0n) is 20.7. The van der Waals surface area contributed by atoms with Crippen LogP contribution in [0.4, 0.5) is 0 Å². The van der Waals surface area contributed by atoms with E-state index in [0.29, 0.717) is 24.5 Å². The molecule has 0 radical (unpaired) electrons. The van der Waals surface area contributed by atoms with Crippen molar-refractivity contribution in [1.82, 2.24) is 9.21 Å². The number of benzene rings is 3. The van der Waals surface area contributed by atoms with Crippen LogP contribution in [0.1, 0.15) is 17.0 Å². The molecule has 3 aromatic carbocycles. The van der Waals surface area contributed by atoms with Crippen LogP contribution in [0.2, 0.25) is 0 Å². The number of nitrogens with zero attached hydrogens (tertiary/aromatic N) is 2. The molecule has 0 amide bonds. The van der Waals surface area contributed by atoms with Gasteiger partial charge in [0.25, 0.3) is 0 Å². The molecule has 0 bridgehead atoms. The van der Waals surface area contributed by atoms with Crippen molar-refractivity contribution < 1.29 is 23.0 Å². The minimum atomic E-state index is -3.66. The van der Waals surface area contributed by atoms with E-state index in [2.05, 4.69) is 29.2 Å². The van der Waals surface area contributed by atoms with Crippen molar-refractivity contribution in [3.05, 3.63) is 90.0 Å². The maximum atomic E-state index is 13.6. The van der Waals surface area contributed by atoms with E-state index in [-0.39, 0.29) is 31.4 Å². The largest absolute Gasteiger partial charge is 0.454 e. The molecular formula is C29H30N2O5S. The molecule has 0 spiro atoms. The maximum absolute atomic E-state index is 13.6. The van der Waals surface area contributed by atoms with Crippen LogP contribution in [-0.4, -0.2) is 67.8 Å². The summed E-state index contributed by atoms with van der Waals surface area (Å²) >= 11 is 0. The highest BCUT2D eigenvalue weighted by Crippen LogP contribution is 2.43. The molecule has 0 aromatic heterocycles. The Kier molecular flexibility index (Phi) is 6.28. The van der Waals surface area contributed by atoms with E-state index in [1.807, 2.05) is 49.4 Å². The number of ether oxygens (including phenoxy) is 2. The fraction of sp³-hybridized carbons (Fsp3) is 0.310. The van der Waals surface area contributed by atoms with Crippen LogP contribution in [0, 0.1) is 6.92 Å². The highest BCUT2D eigenvalue weighted by atomic mass is 32.2. The van der Waals surface area contributed by atoms with E-state index < -0.39 is 10.0 Å². The summed E-state index contributed by atoms with van der Waals surface area (Å²) in [4.78, 5) is 2.56. The highest BCUT2D eigenvalue weighted by molar-refractivity contribution is 7.89. The average Bonchev–Trinajstić information content (AvgIpc) is 3.36. The van der Waals surface area contributed by atoms with Crippen molar-refractivity contribution in [1.29, 1.82) is 0 Å². The molecule has 37 heavy (non-hydrogen) atoms. The summed E-state index contributed by atoms with van der Waals surface area (Å²) in [5.74, 6) is 1.52. The highest BCUT2D eigenvalue weighted by Gasteiger charge is 2.50. The summed E-state index contributed by atoms with van der Waals surface area (Å²) in [6.07, 6.45) is 3.92. The summed E-state index contributed by atoms with van der Waals surface area (Å²) in [6.45, 7) is 3.48. The van der Waals surface area contributed by atoms with Gasteiger partial charge in [-0.15, -0.1) is 0 Å². The molecule has 192 valence electrons. The van der Waals surface area contributed by atoms with Gasteiger partial charge < -0.3 is 14.6 Å². The van der Waals surface area contributed by atoms with Crippen molar-refractivity contribution in [2.75, 3.05) is 33.0 Å². The Morgan fingerprint density at radius 2 is 1.65 bits per heavy atom. The van der Waals surface area contributed by atoms with E-state index >= 15 is 0 Å². The lowest BCUT2D eigenvalue weighted by Crippen LogP contribution is -2.67. The lowest BCUT2D eigenvalue weighted by molar-refractivity contribution is -0.0415. The number of fused-ring (bicyclic) bond motifs is 2. The number of rotatable bonds is 5. The van der Waals surface area contributed by atoms with Crippen molar-refractivity contribution in [3.8, 4) is 22.6 Å². The van der Waals surface area contributed by atoms with Gasteiger partial charge in [0.2, 0.25) is 16.8 Å². The third kappa shape index (κ3) is 4.24. The Bertz CT molecular complexity index is 1440. The molecule has 3 heterocycles. The fourth-order valence-corrected chi connectivity index (χ4v) is 7.43. The van der Waals surface area contributed by atoms with E-state index in [1.165, 1.54) is 0 Å². The zero-order valence-corrected chi connectivity index (χ0v) is 21.5. The molecule has 3 aliphatic rings. The first kappa shape index (κ1) is 24.2. The second kappa shape index (κ2) is 9.61. The topological polar surface area (TPSA) is 79.3 Å². The molecule has 0 unspecified atom stereocenters. The lowest BCUT2D eigenvalue weighted by Gasteiger charge is -2.56. The van der Waals surface area contributed by atoms with Gasteiger partial charge in [0, 0.05) is 37.6 Å². The Labute approximate surface area is 217 Å². The second-order valence-corrected chi connectivity index (χ2v) is 11.7. The predicted molar refractivity (Wildman–Crippen MR) is 141 cm³/mol. The minimum absolute atomic E-state index is 0.0173. The molecule has 3 atom stereocenters. The average molecular weight is 519 g/mol. The molecule has 0 saturated carbocycles. The Hall–Kier alpha value is -3.17. The van der Waals surface area contributed by atoms with Crippen LogP contribution in [0.25, 0.3) is 11.1 Å². The third-order valence-electron chi connectivity index (χ3n) is 7.76. The van der Waals surface area contributed by atoms with Gasteiger partial charge in [-0.3, -0.25) is 4.90 Å². The van der Waals surface area contributed by atoms with Gasteiger partial charge in [0.15, 0.2) is 11.5 Å². The first-order valence-corrected chi connectivity index (χ1v) is 14.0. The van der Waals surface area contributed by atoms with Gasteiger partial charge in [-0.1, -0.05) is 60.7 Å². The number of hydrogen-bond donors (Lipinski definition) is 1. The van der Waals surface area contributed by atoms with Gasteiger partial charge in [0.1, 0.15) is 0 Å². The Balaban J connectivity index is 1.28. The van der Waals surface area contributed by atoms with Gasteiger partial charge in [-0.05, 0) is 47.4 Å². The van der Waals surface area contributed by atoms with Crippen LogP contribution < -0.4 is 9.47 Å². The summed E-state index contributed by atoms with van der Waals surface area (Å²) < 4.78 is 39.8. The summed E-state index contributed by atoms with van der Waals surface area (Å²) in [6, 6.07) is 21.3. The summed E-state index contributed by atoms with van der Waals surface area (Å²) in [5.41, 5.74) is 3.94. The van der Waals surface area contributed by atoms with Crippen molar-refractivity contribution in [3.63, 3.8) is 0 Å². The molecule has 1 N–H and O–H groups in total. The number of hydrogen-bond acceptors (Lipinski definition) is 6. The number of sulfonamides is 1. The van der Waals surface area contributed by atoms with Gasteiger partial charge >= 0.3 is 0 Å². The predicted octanol–water partition coefficient (Wildman–Crippen LogP) is 3.78. The number of aryl methyl sites for hydroxylation is 1. The summed E-state index contributed by atoms with van der Waals surface area (Å²) in [7, 11) is -3.66. The van der Waals surface area contributed by atoms with Crippen LogP contribution in [0.15, 0.2) is 83.8 Å². The second-order valence-electron chi connectivity index (χ2n) is 9.79. The molecular weight excluding hydrogens is 488 g/mol. The first-order valence-electron chi connectivity index (χ1n) is 12.5. The van der Waals surface area contributed by atoms with Crippen molar-refractivity contribution in [2.24, 2.45) is 0 Å². The fourth-order valence-electron chi connectivity index (χ4n) is 5.79. The summed E-state index contributed by atoms with van der Waals surface area (Å²) in [5, 5.41) is 10.3. The van der Waals surface area contributed by atoms with Crippen LogP contribution >= 0.6 is 0 Å². The Morgan fingerprint density at radius 3 is 2.43 bits per heavy atom. The molecule has 1 fully saturated rings. The molecule has 3 aliphatic heterocycles. The van der Waals surface area contributed by atoms with Crippen molar-refractivity contribution >= 4 is 10.0 Å². The van der Waals surface area contributed by atoms with Crippen LogP contribution in [-0.2, 0) is 10.0 Å². The van der Waals surface area contributed by atoms with E-state index in [1.54, 1.807) is 16.4 Å². The standard InChI is InChI=1S/C29H30N2O5S/c1-20-6-2-3-7-28(20)37(33,34)30-14-4-5-15-31-24(17-30)29(25(31)18-32)22-10-8-21(9-11-22)23-12-13-26-27(16-23)36-19-35-26/h2-13,16,24-25,29,32H,14-15,17-19H2,1H3/b5-4-/t24-,25+,29-/m0/s1. The van der Waals surface area contributed by atoms with Gasteiger partial charge in [0.05, 0.1) is 11.5 Å². The molecule has 8 heteroatoms. The van der Waals surface area contributed by atoms with Crippen LogP contribution in [0.5, 0.6) is 11.5 Å². The molecule has 1 saturated heterocycles. The lowest BCUT2D eigenvalue weighted by atomic mass is 9.74. The van der Waals surface area contributed by atoms with E-state index in [9.17, 15) is 13.5 Å². The first-order chi connectivity index (χ1) is 18.0. The number of aliphatic hydroxyl groups is 1.